The number of nitrogens with zero attached hydrogens (tertiary/aromatic N) is 1. The Bertz CT molecular complexity index is 284. The minimum atomic E-state index is -0.600. The number of carbonyl (C=O) groups is 1. The molecule has 0 amide bonds. The van der Waals surface area contributed by atoms with E-state index >= 15 is 0 Å². The van der Waals surface area contributed by atoms with Crippen LogP contribution < -0.4 is 0 Å². The molecule has 1 saturated heterocycles. The van der Waals surface area contributed by atoms with Gasteiger partial charge in [-0.1, -0.05) is 20.8 Å². The highest BCUT2D eigenvalue weighted by Crippen LogP contribution is 2.42. The Kier molecular flexibility index (Phi) is 2.99. The number of hydrogen-bond donors (Lipinski definition) is 1. The third kappa shape index (κ3) is 1.75. The van der Waals surface area contributed by atoms with Crippen molar-refractivity contribution in [1.82, 2.24) is 4.90 Å². The highest BCUT2D eigenvalue weighted by atomic mass is 16.4. The van der Waals surface area contributed by atoms with E-state index in [1.54, 1.807) is 0 Å². The molecule has 2 aliphatic rings. The van der Waals surface area contributed by atoms with Crippen LogP contribution in [-0.4, -0.2) is 35.1 Å². The number of aliphatic carboxylic acids is 1. The number of carboxylic acid groups (broad SMARTS) is 1. The van der Waals surface area contributed by atoms with Crippen LogP contribution in [0.5, 0.6) is 0 Å². The van der Waals surface area contributed by atoms with E-state index in [2.05, 4.69) is 11.8 Å². The highest BCUT2D eigenvalue weighted by Gasteiger charge is 2.49. The summed E-state index contributed by atoms with van der Waals surface area (Å²) in [6.45, 7) is 8.10. The van der Waals surface area contributed by atoms with E-state index in [0.717, 1.165) is 25.4 Å². The first kappa shape index (κ1) is 11.9. The Labute approximate surface area is 97.8 Å². The first-order valence-electron chi connectivity index (χ1n) is 6.43. The fraction of sp³-hybridized carbons (Fsp3) is 0.923. The van der Waals surface area contributed by atoms with E-state index in [0.29, 0.717) is 6.04 Å². The fourth-order valence-corrected chi connectivity index (χ4v) is 3.23. The van der Waals surface area contributed by atoms with Crippen LogP contribution in [0.15, 0.2) is 0 Å². The third-order valence-electron chi connectivity index (χ3n) is 4.73. The minimum absolute atomic E-state index is 0.229. The zero-order valence-corrected chi connectivity index (χ0v) is 10.6. The largest absolute Gasteiger partial charge is 0.481 e. The molecule has 1 saturated carbocycles. The molecule has 0 radical (unpaired) electrons. The molecule has 1 aliphatic carbocycles. The first-order valence-corrected chi connectivity index (χ1v) is 6.43. The van der Waals surface area contributed by atoms with Crippen LogP contribution in [0.4, 0.5) is 0 Å². The zero-order chi connectivity index (χ0) is 11.9. The van der Waals surface area contributed by atoms with Crippen molar-refractivity contribution >= 4 is 5.97 Å². The van der Waals surface area contributed by atoms with E-state index in [-0.39, 0.29) is 5.92 Å². The maximum atomic E-state index is 11.5. The molecule has 2 rings (SSSR count). The predicted octanol–water partition coefficient (Wildman–Crippen LogP) is 2.22. The summed E-state index contributed by atoms with van der Waals surface area (Å²) in [5, 5.41) is 9.45. The molecule has 0 aromatic heterocycles. The van der Waals surface area contributed by atoms with E-state index in [9.17, 15) is 9.90 Å². The fourth-order valence-electron chi connectivity index (χ4n) is 3.23. The maximum Gasteiger partial charge on any atom is 0.311 e. The monoisotopic (exact) mass is 225 g/mol. The quantitative estimate of drug-likeness (QED) is 0.800. The van der Waals surface area contributed by atoms with Crippen molar-refractivity contribution in [1.29, 1.82) is 0 Å². The number of carboxylic acids is 1. The van der Waals surface area contributed by atoms with Crippen LogP contribution in [0.1, 0.15) is 40.0 Å². The van der Waals surface area contributed by atoms with Gasteiger partial charge in [0.25, 0.3) is 0 Å². The second-order valence-corrected chi connectivity index (χ2v) is 6.07. The first-order chi connectivity index (χ1) is 7.45. The Morgan fingerprint density at radius 3 is 2.44 bits per heavy atom. The van der Waals surface area contributed by atoms with Gasteiger partial charge < -0.3 is 5.11 Å². The average molecular weight is 225 g/mol. The maximum absolute atomic E-state index is 11.5. The molecule has 1 aliphatic heterocycles. The smallest absolute Gasteiger partial charge is 0.311 e. The molecule has 3 nitrogen and oxygen atoms in total. The van der Waals surface area contributed by atoms with E-state index in [1.807, 2.05) is 13.8 Å². The Morgan fingerprint density at radius 2 is 2.06 bits per heavy atom. The van der Waals surface area contributed by atoms with Crippen molar-refractivity contribution in [2.24, 2.45) is 17.3 Å². The molecule has 0 aromatic carbocycles. The molecule has 0 aromatic rings. The molecule has 3 heteroatoms. The van der Waals surface area contributed by atoms with Gasteiger partial charge >= 0.3 is 5.97 Å². The lowest BCUT2D eigenvalue weighted by Crippen LogP contribution is -2.46. The highest BCUT2D eigenvalue weighted by molar-refractivity contribution is 5.75. The third-order valence-corrected chi connectivity index (χ3v) is 4.73. The van der Waals surface area contributed by atoms with Crippen molar-refractivity contribution in [3.8, 4) is 0 Å². The minimum Gasteiger partial charge on any atom is -0.481 e. The van der Waals surface area contributed by atoms with Gasteiger partial charge in [-0.2, -0.15) is 0 Å². The molecule has 0 spiro atoms. The van der Waals surface area contributed by atoms with Crippen molar-refractivity contribution in [2.45, 2.75) is 46.1 Å². The van der Waals surface area contributed by atoms with Crippen molar-refractivity contribution in [2.75, 3.05) is 13.1 Å². The SMILES string of the molecule is CC1CC(N2CCC(C(=O)O)(C(C)C)C2)C1. The summed E-state index contributed by atoms with van der Waals surface area (Å²) in [5.41, 5.74) is -0.487. The normalized spacial score (nSPS) is 40.0. The Balaban J connectivity index is 2.02. The van der Waals surface area contributed by atoms with Crippen LogP contribution in [0.25, 0.3) is 0 Å². The molecule has 0 bridgehead atoms. The summed E-state index contributed by atoms with van der Waals surface area (Å²) in [6.07, 6.45) is 3.34. The summed E-state index contributed by atoms with van der Waals surface area (Å²) >= 11 is 0. The van der Waals surface area contributed by atoms with Crippen molar-refractivity contribution in [3.05, 3.63) is 0 Å². The second kappa shape index (κ2) is 4.02. The number of likely N-dealkylation sites (tertiary alicyclic amines) is 1. The molecule has 92 valence electrons. The molecule has 16 heavy (non-hydrogen) atoms. The Hall–Kier alpha value is -0.570. The van der Waals surface area contributed by atoms with Crippen LogP contribution >= 0.6 is 0 Å². The summed E-state index contributed by atoms with van der Waals surface area (Å²) in [4.78, 5) is 13.9. The molecule has 1 unspecified atom stereocenters. The number of hydrogen-bond acceptors (Lipinski definition) is 2. The van der Waals surface area contributed by atoms with Gasteiger partial charge in [-0.05, 0) is 37.6 Å². The lowest BCUT2D eigenvalue weighted by Gasteiger charge is -2.40. The summed E-state index contributed by atoms with van der Waals surface area (Å²) < 4.78 is 0. The molecule has 1 atom stereocenters. The standard InChI is InChI=1S/C13H23NO2/c1-9(2)13(12(15)16)4-5-14(8-13)11-6-10(3)7-11/h9-11H,4-8H2,1-3H3,(H,15,16). The summed E-state index contributed by atoms with van der Waals surface area (Å²) in [7, 11) is 0. The van der Waals surface area contributed by atoms with Gasteiger partial charge in [0.1, 0.15) is 0 Å². The molecule has 1 heterocycles. The van der Waals surface area contributed by atoms with E-state index in [4.69, 9.17) is 0 Å². The van der Waals surface area contributed by atoms with E-state index in [1.165, 1.54) is 12.8 Å². The lowest BCUT2D eigenvalue weighted by molar-refractivity contribution is -0.151. The van der Waals surface area contributed by atoms with Gasteiger partial charge in [-0.15, -0.1) is 0 Å². The predicted molar refractivity (Wildman–Crippen MR) is 63.3 cm³/mol. The Morgan fingerprint density at radius 1 is 1.44 bits per heavy atom. The van der Waals surface area contributed by atoms with Crippen molar-refractivity contribution in [3.63, 3.8) is 0 Å². The number of rotatable bonds is 3. The van der Waals surface area contributed by atoms with Crippen LogP contribution in [-0.2, 0) is 4.79 Å². The van der Waals surface area contributed by atoms with Gasteiger partial charge in [-0.25, -0.2) is 0 Å². The molecular formula is C13H23NO2. The van der Waals surface area contributed by atoms with Crippen LogP contribution in [0, 0.1) is 17.3 Å². The average Bonchev–Trinajstić information content (AvgIpc) is 2.58. The van der Waals surface area contributed by atoms with Gasteiger partial charge in [0, 0.05) is 12.6 Å². The van der Waals surface area contributed by atoms with Gasteiger partial charge in [0.05, 0.1) is 5.41 Å². The van der Waals surface area contributed by atoms with Gasteiger partial charge in [-0.3, -0.25) is 9.69 Å². The van der Waals surface area contributed by atoms with Gasteiger partial charge in [0.15, 0.2) is 0 Å². The molecule has 1 N–H and O–H groups in total. The summed E-state index contributed by atoms with van der Waals surface area (Å²) in [5.74, 6) is 0.466. The van der Waals surface area contributed by atoms with Crippen LogP contribution in [0.3, 0.4) is 0 Å². The molecule has 2 fully saturated rings. The zero-order valence-electron chi connectivity index (χ0n) is 10.6. The second-order valence-electron chi connectivity index (χ2n) is 6.07. The summed E-state index contributed by atoms with van der Waals surface area (Å²) in [6, 6.07) is 0.662. The topological polar surface area (TPSA) is 40.5 Å². The molecular weight excluding hydrogens is 202 g/mol. The van der Waals surface area contributed by atoms with Crippen LogP contribution in [0.2, 0.25) is 0 Å². The lowest BCUT2D eigenvalue weighted by atomic mass is 9.76. The van der Waals surface area contributed by atoms with E-state index < -0.39 is 11.4 Å². The van der Waals surface area contributed by atoms with Gasteiger partial charge in [0.2, 0.25) is 0 Å². The van der Waals surface area contributed by atoms with Crippen molar-refractivity contribution < 1.29 is 9.90 Å².